The summed E-state index contributed by atoms with van der Waals surface area (Å²) in [6, 6.07) is 4.73. The highest BCUT2D eigenvalue weighted by molar-refractivity contribution is 6.37. The standard InChI is InChI=1S/C12H13Cl2NO4/c1-2-18-12-11(17)10(16)9(15-19-12)7-4-3-6(13)5-8(7)14/h3-5,10-12,16-17H,2H2,1H3/t10-,11-,12-/m1/s1. The number of rotatable bonds is 3. The SMILES string of the molecule is CCO[C@@H]1ON=C(c2ccc(Cl)cc2Cl)[C@@H](O)[C@H]1O. The van der Waals surface area contributed by atoms with E-state index in [1.165, 1.54) is 6.07 Å². The third-order valence-electron chi connectivity index (χ3n) is 2.68. The van der Waals surface area contributed by atoms with E-state index in [1.807, 2.05) is 0 Å². The Morgan fingerprint density at radius 1 is 1.37 bits per heavy atom. The minimum atomic E-state index is -1.25. The quantitative estimate of drug-likeness (QED) is 0.893. The number of benzene rings is 1. The average molecular weight is 306 g/mol. The van der Waals surface area contributed by atoms with Crippen molar-refractivity contribution in [1.82, 2.24) is 0 Å². The molecule has 0 unspecified atom stereocenters. The lowest BCUT2D eigenvalue weighted by Crippen LogP contribution is -2.48. The molecule has 7 heteroatoms. The molecule has 0 bridgehead atoms. The molecule has 0 saturated heterocycles. The van der Waals surface area contributed by atoms with Gasteiger partial charge < -0.3 is 19.8 Å². The first-order chi connectivity index (χ1) is 9.04. The fourth-order valence-electron chi connectivity index (χ4n) is 1.73. The van der Waals surface area contributed by atoms with Crippen LogP contribution in [0.2, 0.25) is 10.0 Å². The molecule has 2 N–H and O–H groups in total. The lowest BCUT2D eigenvalue weighted by atomic mass is 10.00. The maximum absolute atomic E-state index is 10.0. The Kier molecular flexibility index (Phi) is 4.65. The van der Waals surface area contributed by atoms with E-state index >= 15 is 0 Å². The third kappa shape index (κ3) is 3.01. The van der Waals surface area contributed by atoms with E-state index in [2.05, 4.69) is 5.16 Å². The van der Waals surface area contributed by atoms with Crippen LogP contribution in [0.15, 0.2) is 23.4 Å². The zero-order valence-corrected chi connectivity index (χ0v) is 11.6. The van der Waals surface area contributed by atoms with Crippen molar-refractivity contribution in [2.75, 3.05) is 6.61 Å². The summed E-state index contributed by atoms with van der Waals surface area (Å²) in [5.41, 5.74) is 0.595. The van der Waals surface area contributed by atoms with Crippen LogP contribution in [-0.4, -0.2) is 41.0 Å². The van der Waals surface area contributed by atoms with Gasteiger partial charge in [-0.1, -0.05) is 28.4 Å². The maximum Gasteiger partial charge on any atom is 0.256 e. The lowest BCUT2D eigenvalue weighted by molar-refractivity contribution is -0.215. The number of oxime groups is 1. The highest BCUT2D eigenvalue weighted by atomic mass is 35.5. The Bertz CT molecular complexity index is 495. The van der Waals surface area contributed by atoms with E-state index in [0.29, 0.717) is 22.2 Å². The predicted octanol–water partition coefficient (Wildman–Crippen LogP) is 1.81. The van der Waals surface area contributed by atoms with Gasteiger partial charge in [0.05, 0.1) is 5.02 Å². The van der Waals surface area contributed by atoms with E-state index < -0.39 is 18.5 Å². The van der Waals surface area contributed by atoms with E-state index in [-0.39, 0.29) is 5.71 Å². The number of halogens is 2. The number of aliphatic hydroxyl groups excluding tert-OH is 2. The number of aliphatic hydroxyl groups is 2. The minimum Gasteiger partial charge on any atom is -0.384 e. The first-order valence-electron chi connectivity index (χ1n) is 5.71. The summed E-state index contributed by atoms with van der Waals surface area (Å²) < 4.78 is 5.11. The number of nitrogens with zero attached hydrogens (tertiary/aromatic N) is 1. The van der Waals surface area contributed by atoms with Crippen molar-refractivity contribution < 1.29 is 19.8 Å². The molecule has 0 spiro atoms. The summed E-state index contributed by atoms with van der Waals surface area (Å²) >= 11 is 11.8. The molecule has 1 heterocycles. The van der Waals surface area contributed by atoms with Gasteiger partial charge in [-0.2, -0.15) is 0 Å². The molecule has 0 fully saturated rings. The van der Waals surface area contributed by atoms with Crippen LogP contribution in [0.4, 0.5) is 0 Å². The van der Waals surface area contributed by atoms with Crippen LogP contribution >= 0.6 is 23.2 Å². The zero-order valence-electron chi connectivity index (χ0n) is 10.1. The molecule has 1 aromatic carbocycles. The van der Waals surface area contributed by atoms with Crippen LogP contribution in [0.3, 0.4) is 0 Å². The Balaban J connectivity index is 2.30. The molecule has 5 nitrogen and oxygen atoms in total. The second-order valence-electron chi connectivity index (χ2n) is 3.97. The minimum absolute atomic E-state index is 0.144. The Hall–Kier alpha value is -0.850. The van der Waals surface area contributed by atoms with Crippen molar-refractivity contribution in [3.05, 3.63) is 33.8 Å². The summed E-state index contributed by atoms with van der Waals surface area (Å²) in [5.74, 6) is 0. The molecule has 3 atom stereocenters. The van der Waals surface area contributed by atoms with Crippen molar-refractivity contribution in [3.8, 4) is 0 Å². The van der Waals surface area contributed by atoms with Crippen LogP contribution in [0.25, 0.3) is 0 Å². The highest BCUT2D eigenvalue weighted by Crippen LogP contribution is 2.26. The summed E-state index contributed by atoms with van der Waals surface area (Å²) in [6.07, 6.45) is -3.47. The van der Waals surface area contributed by atoms with Gasteiger partial charge in [0.25, 0.3) is 6.29 Å². The molecule has 0 aromatic heterocycles. The molecule has 0 aliphatic carbocycles. The Morgan fingerprint density at radius 3 is 2.74 bits per heavy atom. The molecule has 1 aliphatic heterocycles. The van der Waals surface area contributed by atoms with E-state index in [1.54, 1.807) is 19.1 Å². The second-order valence-corrected chi connectivity index (χ2v) is 4.81. The van der Waals surface area contributed by atoms with Crippen LogP contribution in [0.5, 0.6) is 0 Å². The summed E-state index contributed by atoms with van der Waals surface area (Å²) in [4.78, 5) is 5.02. The third-order valence-corrected chi connectivity index (χ3v) is 3.22. The molecule has 0 saturated carbocycles. The Morgan fingerprint density at radius 2 is 2.11 bits per heavy atom. The van der Waals surface area contributed by atoms with Gasteiger partial charge in [0.1, 0.15) is 11.8 Å². The van der Waals surface area contributed by atoms with E-state index in [9.17, 15) is 10.2 Å². The molecular formula is C12H13Cl2NO4. The van der Waals surface area contributed by atoms with Gasteiger partial charge in [0.15, 0.2) is 6.10 Å². The van der Waals surface area contributed by atoms with Crippen molar-refractivity contribution in [2.24, 2.45) is 5.16 Å². The van der Waals surface area contributed by atoms with E-state index in [4.69, 9.17) is 32.8 Å². The monoisotopic (exact) mass is 305 g/mol. The summed E-state index contributed by atoms with van der Waals surface area (Å²) in [5, 5.41) is 24.5. The van der Waals surface area contributed by atoms with E-state index in [0.717, 1.165) is 0 Å². The molecule has 1 aromatic rings. The lowest BCUT2D eigenvalue weighted by Gasteiger charge is -2.30. The smallest absolute Gasteiger partial charge is 0.256 e. The van der Waals surface area contributed by atoms with Crippen molar-refractivity contribution in [1.29, 1.82) is 0 Å². The molecule has 2 rings (SSSR count). The second kappa shape index (κ2) is 6.07. The van der Waals surface area contributed by atoms with Gasteiger partial charge >= 0.3 is 0 Å². The molecule has 19 heavy (non-hydrogen) atoms. The summed E-state index contributed by atoms with van der Waals surface area (Å²) in [7, 11) is 0. The number of hydrogen-bond donors (Lipinski definition) is 2. The number of hydrogen-bond acceptors (Lipinski definition) is 5. The van der Waals surface area contributed by atoms with Crippen molar-refractivity contribution >= 4 is 28.9 Å². The Labute approximate surface area is 120 Å². The molecule has 104 valence electrons. The summed E-state index contributed by atoms with van der Waals surface area (Å²) in [6.45, 7) is 2.08. The van der Waals surface area contributed by atoms with Gasteiger partial charge in [-0.05, 0) is 25.1 Å². The first kappa shape index (κ1) is 14.6. The van der Waals surface area contributed by atoms with Gasteiger partial charge in [-0.15, -0.1) is 0 Å². The van der Waals surface area contributed by atoms with Crippen LogP contribution in [-0.2, 0) is 9.57 Å². The topological polar surface area (TPSA) is 71.3 Å². The maximum atomic E-state index is 10.0. The zero-order chi connectivity index (χ0) is 14.0. The molecule has 1 aliphatic rings. The van der Waals surface area contributed by atoms with Crippen LogP contribution in [0, 0.1) is 0 Å². The molecule has 0 radical (unpaired) electrons. The largest absolute Gasteiger partial charge is 0.384 e. The molecular weight excluding hydrogens is 293 g/mol. The van der Waals surface area contributed by atoms with Crippen molar-refractivity contribution in [2.45, 2.75) is 25.4 Å². The normalized spacial score (nSPS) is 26.8. The van der Waals surface area contributed by atoms with Gasteiger partial charge in [0.2, 0.25) is 0 Å². The molecule has 0 amide bonds. The van der Waals surface area contributed by atoms with Crippen molar-refractivity contribution in [3.63, 3.8) is 0 Å². The van der Waals surface area contributed by atoms with Gasteiger partial charge in [-0.3, -0.25) is 0 Å². The highest BCUT2D eigenvalue weighted by Gasteiger charge is 2.37. The van der Waals surface area contributed by atoms with Crippen LogP contribution in [0.1, 0.15) is 12.5 Å². The number of ether oxygens (including phenoxy) is 1. The predicted molar refractivity (Wildman–Crippen MR) is 71.5 cm³/mol. The van der Waals surface area contributed by atoms with Crippen LogP contribution < -0.4 is 0 Å². The fraction of sp³-hybridized carbons (Fsp3) is 0.417. The first-order valence-corrected chi connectivity index (χ1v) is 6.47. The average Bonchev–Trinajstić information content (AvgIpc) is 2.37. The van der Waals surface area contributed by atoms with Gasteiger partial charge in [-0.25, -0.2) is 0 Å². The van der Waals surface area contributed by atoms with Gasteiger partial charge in [0, 0.05) is 17.2 Å². The fourth-order valence-corrected chi connectivity index (χ4v) is 2.24.